The Hall–Kier alpha value is -0.0400. The molecule has 98 valence electrons. The van der Waals surface area contributed by atoms with Crippen molar-refractivity contribution in [3.63, 3.8) is 0 Å². The molecule has 3 rings (SSSR count). The maximum atomic E-state index is 6.11. The lowest BCUT2D eigenvalue weighted by Gasteiger charge is -2.46. The molecule has 2 aliphatic carbocycles. The standard InChI is InChI=1S/C16H28O/c1-10-7-8-12-14(3,4)11(2)16(6)13(17-16)9-15(10,12)5/h10-13H,7-9H2,1-6H3/t10-,11-,12?,13?,15-,16?/m1/s1. The molecule has 3 fully saturated rings. The SMILES string of the molecule is C[C@@H]1C(C)(C)C2CC[C@@H](C)[C@@]2(C)CC2OC21C. The van der Waals surface area contributed by atoms with Gasteiger partial charge in [0.2, 0.25) is 0 Å². The highest BCUT2D eigenvalue weighted by Crippen LogP contribution is 2.68. The van der Waals surface area contributed by atoms with E-state index in [0.717, 1.165) is 11.8 Å². The molecule has 0 aromatic carbocycles. The van der Waals surface area contributed by atoms with Crippen LogP contribution >= 0.6 is 0 Å². The lowest BCUT2D eigenvalue weighted by molar-refractivity contribution is -0.00751. The number of rotatable bonds is 0. The zero-order valence-electron chi connectivity index (χ0n) is 12.3. The van der Waals surface area contributed by atoms with E-state index in [0.29, 0.717) is 22.9 Å². The van der Waals surface area contributed by atoms with Crippen molar-refractivity contribution >= 4 is 0 Å². The number of epoxide rings is 1. The summed E-state index contributed by atoms with van der Waals surface area (Å²) in [6.45, 7) is 14.8. The summed E-state index contributed by atoms with van der Waals surface area (Å²) >= 11 is 0. The Labute approximate surface area is 106 Å². The lowest BCUT2D eigenvalue weighted by atomic mass is 9.59. The second-order valence-electron chi connectivity index (χ2n) is 8.07. The van der Waals surface area contributed by atoms with E-state index >= 15 is 0 Å². The number of ether oxygens (including phenoxy) is 1. The quantitative estimate of drug-likeness (QED) is 0.572. The average molecular weight is 236 g/mol. The van der Waals surface area contributed by atoms with Gasteiger partial charge in [0.05, 0.1) is 11.7 Å². The third-order valence-corrected chi connectivity index (χ3v) is 7.29. The molecule has 0 N–H and O–H groups in total. The molecular formula is C16H28O. The van der Waals surface area contributed by atoms with E-state index < -0.39 is 0 Å². The van der Waals surface area contributed by atoms with Gasteiger partial charge in [-0.2, -0.15) is 0 Å². The van der Waals surface area contributed by atoms with Gasteiger partial charge in [-0.1, -0.05) is 34.6 Å². The molecule has 0 amide bonds. The van der Waals surface area contributed by atoms with Crippen molar-refractivity contribution in [1.82, 2.24) is 0 Å². The Bertz CT molecular complexity index is 347. The summed E-state index contributed by atoms with van der Waals surface area (Å²) in [4.78, 5) is 0. The first-order valence-corrected chi connectivity index (χ1v) is 7.40. The van der Waals surface area contributed by atoms with Gasteiger partial charge in [-0.15, -0.1) is 0 Å². The molecule has 17 heavy (non-hydrogen) atoms. The monoisotopic (exact) mass is 236 g/mol. The van der Waals surface area contributed by atoms with E-state index in [2.05, 4.69) is 41.5 Å². The van der Waals surface area contributed by atoms with Crippen LogP contribution in [0.15, 0.2) is 0 Å². The molecule has 0 bridgehead atoms. The van der Waals surface area contributed by atoms with Crippen LogP contribution in [0.25, 0.3) is 0 Å². The fourth-order valence-electron chi connectivity index (χ4n) is 5.32. The third kappa shape index (κ3) is 1.30. The van der Waals surface area contributed by atoms with Crippen molar-refractivity contribution in [2.45, 2.75) is 72.5 Å². The third-order valence-electron chi connectivity index (χ3n) is 7.29. The van der Waals surface area contributed by atoms with E-state index in [1.54, 1.807) is 0 Å². The normalized spacial score (nSPS) is 60.4. The van der Waals surface area contributed by atoms with Crippen molar-refractivity contribution in [2.24, 2.45) is 28.6 Å². The van der Waals surface area contributed by atoms with Crippen molar-refractivity contribution in [3.05, 3.63) is 0 Å². The molecule has 6 atom stereocenters. The van der Waals surface area contributed by atoms with E-state index in [-0.39, 0.29) is 5.60 Å². The van der Waals surface area contributed by atoms with Crippen molar-refractivity contribution in [2.75, 3.05) is 0 Å². The fraction of sp³-hybridized carbons (Fsp3) is 1.00. The second kappa shape index (κ2) is 3.10. The highest BCUT2D eigenvalue weighted by Gasteiger charge is 2.68. The molecule has 1 aliphatic heterocycles. The Morgan fingerprint density at radius 3 is 2.29 bits per heavy atom. The maximum absolute atomic E-state index is 6.11. The largest absolute Gasteiger partial charge is 0.366 e. The van der Waals surface area contributed by atoms with Crippen LogP contribution in [0.1, 0.15) is 60.8 Å². The summed E-state index contributed by atoms with van der Waals surface area (Å²) in [5.74, 6) is 2.43. The summed E-state index contributed by atoms with van der Waals surface area (Å²) in [5.41, 5.74) is 1.10. The predicted molar refractivity (Wildman–Crippen MR) is 70.8 cm³/mol. The lowest BCUT2D eigenvalue weighted by Crippen LogP contribution is -2.41. The smallest absolute Gasteiger partial charge is 0.0951 e. The first-order valence-electron chi connectivity index (χ1n) is 7.40. The molecule has 0 radical (unpaired) electrons. The van der Waals surface area contributed by atoms with Crippen LogP contribution in [-0.2, 0) is 4.74 Å². The van der Waals surface area contributed by atoms with Gasteiger partial charge in [-0.25, -0.2) is 0 Å². The van der Waals surface area contributed by atoms with Gasteiger partial charge in [0.1, 0.15) is 0 Å². The highest BCUT2D eigenvalue weighted by atomic mass is 16.6. The highest BCUT2D eigenvalue weighted by molar-refractivity contribution is 5.16. The molecule has 1 nitrogen and oxygen atoms in total. The van der Waals surface area contributed by atoms with Gasteiger partial charge >= 0.3 is 0 Å². The van der Waals surface area contributed by atoms with Crippen molar-refractivity contribution in [3.8, 4) is 0 Å². The molecule has 1 heteroatoms. The summed E-state index contributed by atoms with van der Waals surface area (Å²) in [6, 6.07) is 0. The number of hydrogen-bond donors (Lipinski definition) is 0. The molecule has 0 aromatic rings. The fourth-order valence-corrected chi connectivity index (χ4v) is 5.32. The first-order chi connectivity index (χ1) is 7.73. The van der Waals surface area contributed by atoms with Gasteiger partial charge in [-0.3, -0.25) is 0 Å². The van der Waals surface area contributed by atoms with Crippen LogP contribution < -0.4 is 0 Å². The van der Waals surface area contributed by atoms with Crippen LogP contribution in [0.3, 0.4) is 0 Å². The first kappa shape index (κ1) is 12.0. The molecule has 3 aliphatic rings. The number of hydrogen-bond acceptors (Lipinski definition) is 1. The molecule has 0 spiro atoms. The predicted octanol–water partition coefficient (Wildman–Crippen LogP) is 4.26. The molecule has 1 saturated heterocycles. The Kier molecular flexibility index (Phi) is 2.19. The van der Waals surface area contributed by atoms with Gasteiger partial charge in [0, 0.05) is 0 Å². The summed E-state index contributed by atoms with van der Waals surface area (Å²) in [7, 11) is 0. The minimum absolute atomic E-state index is 0.177. The molecule has 0 aromatic heterocycles. The van der Waals surface area contributed by atoms with Gasteiger partial charge in [-0.05, 0) is 54.8 Å². The van der Waals surface area contributed by atoms with Crippen molar-refractivity contribution in [1.29, 1.82) is 0 Å². The van der Waals surface area contributed by atoms with E-state index in [9.17, 15) is 0 Å². The van der Waals surface area contributed by atoms with Crippen LogP contribution in [-0.4, -0.2) is 11.7 Å². The second-order valence-corrected chi connectivity index (χ2v) is 8.07. The number of fused-ring (bicyclic) bond motifs is 2. The molecule has 3 unspecified atom stereocenters. The minimum Gasteiger partial charge on any atom is -0.366 e. The Balaban J connectivity index is 2.05. The molecular weight excluding hydrogens is 208 g/mol. The van der Waals surface area contributed by atoms with E-state index in [1.807, 2.05) is 0 Å². The van der Waals surface area contributed by atoms with E-state index in [1.165, 1.54) is 19.3 Å². The summed E-state index contributed by atoms with van der Waals surface area (Å²) < 4.78 is 6.11. The summed E-state index contributed by atoms with van der Waals surface area (Å²) in [5, 5.41) is 0. The minimum atomic E-state index is 0.177. The van der Waals surface area contributed by atoms with Gasteiger partial charge in [0.15, 0.2) is 0 Å². The van der Waals surface area contributed by atoms with Gasteiger partial charge < -0.3 is 4.74 Å². The van der Waals surface area contributed by atoms with Crippen LogP contribution in [0.4, 0.5) is 0 Å². The van der Waals surface area contributed by atoms with Crippen LogP contribution in [0, 0.1) is 28.6 Å². The topological polar surface area (TPSA) is 12.5 Å². The zero-order valence-corrected chi connectivity index (χ0v) is 12.3. The summed E-state index contributed by atoms with van der Waals surface area (Å²) in [6.07, 6.45) is 4.68. The molecule has 2 saturated carbocycles. The molecule has 1 heterocycles. The zero-order chi connectivity index (χ0) is 12.6. The average Bonchev–Trinajstić information content (AvgIpc) is 2.77. The van der Waals surface area contributed by atoms with Gasteiger partial charge in [0.25, 0.3) is 0 Å². The van der Waals surface area contributed by atoms with E-state index in [4.69, 9.17) is 4.74 Å². The Morgan fingerprint density at radius 2 is 1.65 bits per heavy atom. The maximum Gasteiger partial charge on any atom is 0.0951 e. The Morgan fingerprint density at radius 1 is 1.00 bits per heavy atom. The van der Waals surface area contributed by atoms with Crippen LogP contribution in [0.2, 0.25) is 0 Å². The van der Waals surface area contributed by atoms with Crippen LogP contribution in [0.5, 0.6) is 0 Å². The van der Waals surface area contributed by atoms with Crippen molar-refractivity contribution < 1.29 is 4.74 Å².